The molecular weight excluding hydrogens is 544 g/mol. The Morgan fingerprint density at radius 2 is 1.90 bits per heavy atom. The van der Waals surface area contributed by atoms with Crippen LogP contribution in [0, 0.1) is 0 Å². The van der Waals surface area contributed by atoms with Crippen LogP contribution in [0.5, 0.6) is 0 Å². The van der Waals surface area contributed by atoms with Gasteiger partial charge in [0.15, 0.2) is 5.96 Å². The molecule has 0 aromatic heterocycles. The quantitative estimate of drug-likeness (QED) is 0.239. The van der Waals surface area contributed by atoms with Crippen LogP contribution in [0.1, 0.15) is 24.8 Å². The van der Waals surface area contributed by atoms with E-state index >= 15 is 0 Å². The smallest absolute Gasteiger partial charge is 0.356 e. The van der Waals surface area contributed by atoms with E-state index in [-0.39, 0.29) is 55.9 Å². The molecule has 1 fully saturated rings. The Morgan fingerprint density at radius 3 is 2.45 bits per heavy atom. The second-order valence-corrected chi connectivity index (χ2v) is 8.80. The SMILES string of the molecule is CN=C(NCCCc1ccccc1Cl)NC1CCN(S(=O)(=O)C(F)(F)F)CC1.I. The van der Waals surface area contributed by atoms with Gasteiger partial charge in [0, 0.05) is 37.7 Å². The molecule has 0 atom stereocenters. The molecule has 0 bridgehead atoms. The zero-order chi connectivity index (χ0) is 20.8. The summed E-state index contributed by atoms with van der Waals surface area (Å²) in [5.41, 5.74) is -4.20. The van der Waals surface area contributed by atoms with Crippen molar-refractivity contribution in [3.63, 3.8) is 0 Å². The Kier molecular flexibility index (Phi) is 10.5. The molecule has 166 valence electrons. The van der Waals surface area contributed by atoms with Gasteiger partial charge in [-0.2, -0.15) is 17.5 Å². The van der Waals surface area contributed by atoms with Crippen molar-refractivity contribution in [2.75, 3.05) is 26.7 Å². The van der Waals surface area contributed by atoms with Crippen LogP contribution in [0.25, 0.3) is 0 Å². The lowest BCUT2D eigenvalue weighted by Crippen LogP contribution is -2.51. The normalized spacial score (nSPS) is 16.9. The first kappa shape index (κ1) is 26.2. The monoisotopic (exact) mass is 568 g/mol. The van der Waals surface area contributed by atoms with E-state index in [1.54, 1.807) is 7.05 Å². The lowest BCUT2D eigenvalue weighted by Gasteiger charge is -2.32. The van der Waals surface area contributed by atoms with Gasteiger partial charge >= 0.3 is 15.5 Å². The van der Waals surface area contributed by atoms with Gasteiger partial charge in [-0.25, -0.2) is 8.42 Å². The molecule has 0 amide bonds. The molecule has 0 unspecified atom stereocenters. The number of alkyl halides is 3. The van der Waals surface area contributed by atoms with Gasteiger partial charge in [-0.15, -0.1) is 24.0 Å². The van der Waals surface area contributed by atoms with Gasteiger partial charge in [0.2, 0.25) is 0 Å². The molecule has 6 nitrogen and oxygen atoms in total. The Hall–Kier alpha value is -0.790. The molecule has 1 aromatic rings. The number of hydrogen-bond acceptors (Lipinski definition) is 3. The Balaban J connectivity index is 0.00000420. The third kappa shape index (κ3) is 7.44. The van der Waals surface area contributed by atoms with Crippen molar-refractivity contribution in [1.82, 2.24) is 14.9 Å². The van der Waals surface area contributed by atoms with E-state index in [0.717, 1.165) is 23.4 Å². The summed E-state index contributed by atoms with van der Waals surface area (Å²) >= 11 is 6.12. The third-order valence-electron chi connectivity index (χ3n) is 4.52. The lowest BCUT2D eigenvalue weighted by atomic mass is 10.1. The summed E-state index contributed by atoms with van der Waals surface area (Å²) in [6.45, 7) is 0.290. The maximum Gasteiger partial charge on any atom is 0.511 e. The first-order valence-corrected chi connectivity index (χ1v) is 10.7. The number of nitrogens with one attached hydrogen (secondary N) is 2. The zero-order valence-electron chi connectivity index (χ0n) is 15.9. The van der Waals surface area contributed by atoms with Gasteiger partial charge in [-0.3, -0.25) is 4.99 Å². The lowest BCUT2D eigenvalue weighted by molar-refractivity contribution is -0.0494. The van der Waals surface area contributed by atoms with Crippen LogP contribution in [-0.4, -0.2) is 56.9 Å². The number of aryl methyl sites for hydroxylation is 1. The van der Waals surface area contributed by atoms with Gasteiger partial charge in [0.25, 0.3) is 0 Å². The van der Waals surface area contributed by atoms with E-state index in [1.807, 2.05) is 24.3 Å². The van der Waals surface area contributed by atoms with E-state index in [2.05, 4.69) is 15.6 Å². The Labute approximate surface area is 191 Å². The maximum atomic E-state index is 12.6. The summed E-state index contributed by atoms with van der Waals surface area (Å²) in [6, 6.07) is 7.48. The van der Waals surface area contributed by atoms with Crippen LogP contribution in [0.2, 0.25) is 5.02 Å². The average molecular weight is 569 g/mol. The second kappa shape index (κ2) is 11.6. The highest BCUT2D eigenvalue weighted by atomic mass is 127. The molecule has 0 spiro atoms. The second-order valence-electron chi connectivity index (χ2n) is 6.46. The van der Waals surface area contributed by atoms with E-state index in [4.69, 9.17) is 11.6 Å². The summed E-state index contributed by atoms with van der Waals surface area (Å²) in [6.07, 6.45) is 2.18. The zero-order valence-corrected chi connectivity index (χ0v) is 19.8. The Bertz CT molecular complexity index is 785. The molecule has 2 N–H and O–H groups in total. The van der Waals surface area contributed by atoms with Crippen molar-refractivity contribution in [3.05, 3.63) is 34.9 Å². The van der Waals surface area contributed by atoms with Gasteiger partial charge in [-0.05, 0) is 37.3 Å². The summed E-state index contributed by atoms with van der Waals surface area (Å²) in [5.74, 6) is 0.538. The fourth-order valence-corrected chi connectivity index (χ4v) is 4.18. The number of rotatable bonds is 6. The fraction of sp³-hybridized carbons (Fsp3) is 0.588. The Morgan fingerprint density at radius 1 is 1.28 bits per heavy atom. The average Bonchev–Trinajstić information content (AvgIpc) is 2.65. The number of hydrogen-bond donors (Lipinski definition) is 2. The molecule has 1 aliphatic heterocycles. The van der Waals surface area contributed by atoms with Crippen molar-refractivity contribution < 1.29 is 21.6 Å². The van der Waals surface area contributed by atoms with E-state index in [9.17, 15) is 21.6 Å². The standard InChI is InChI=1S/C17H24ClF3N4O2S.HI/c1-22-16(23-10-4-6-13-5-2-3-7-15(13)18)24-14-8-11-25(12-9-14)28(26,27)17(19,20)21;/h2-3,5,7,14H,4,6,8-12H2,1H3,(H2,22,23,24);1H. The largest absolute Gasteiger partial charge is 0.511 e. The van der Waals surface area contributed by atoms with Gasteiger partial charge < -0.3 is 10.6 Å². The van der Waals surface area contributed by atoms with E-state index < -0.39 is 15.5 Å². The van der Waals surface area contributed by atoms with Crippen molar-refractivity contribution in [2.45, 2.75) is 37.2 Å². The molecule has 2 rings (SSSR count). The molecule has 0 saturated carbocycles. The van der Waals surface area contributed by atoms with Crippen LogP contribution >= 0.6 is 35.6 Å². The minimum atomic E-state index is -5.26. The van der Waals surface area contributed by atoms with Crippen LogP contribution in [-0.2, 0) is 16.4 Å². The first-order valence-electron chi connectivity index (χ1n) is 8.92. The van der Waals surface area contributed by atoms with Gasteiger partial charge in [-0.1, -0.05) is 29.8 Å². The third-order valence-corrected chi connectivity index (χ3v) is 6.52. The molecular formula is C17H25ClF3IN4O2S. The topological polar surface area (TPSA) is 73.8 Å². The number of guanidine groups is 1. The number of nitrogens with zero attached hydrogens (tertiary/aromatic N) is 2. The highest BCUT2D eigenvalue weighted by molar-refractivity contribution is 14.0. The molecule has 29 heavy (non-hydrogen) atoms. The van der Waals surface area contributed by atoms with Crippen LogP contribution in [0.3, 0.4) is 0 Å². The van der Waals surface area contributed by atoms with Gasteiger partial charge in [0.05, 0.1) is 0 Å². The molecule has 0 radical (unpaired) electrons. The van der Waals surface area contributed by atoms with Crippen molar-refractivity contribution in [3.8, 4) is 0 Å². The minimum Gasteiger partial charge on any atom is -0.356 e. The van der Waals surface area contributed by atoms with Crippen LogP contribution in [0.4, 0.5) is 13.2 Å². The van der Waals surface area contributed by atoms with Crippen LogP contribution < -0.4 is 10.6 Å². The number of benzene rings is 1. The molecule has 1 aromatic carbocycles. The molecule has 1 saturated heterocycles. The number of halogens is 5. The van der Waals surface area contributed by atoms with Crippen molar-refractivity contribution >= 4 is 51.6 Å². The summed E-state index contributed by atoms with van der Waals surface area (Å²) in [4.78, 5) is 4.11. The van der Waals surface area contributed by atoms with Crippen molar-refractivity contribution in [2.24, 2.45) is 4.99 Å². The molecule has 1 aliphatic rings. The molecule has 0 aliphatic carbocycles. The van der Waals surface area contributed by atoms with Crippen molar-refractivity contribution in [1.29, 1.82) is 0 Å². The van der Waals surface area contributed by atoms with Crippen LogP contribution in [0.15, 0.2) is 29.3 Å². The molecule has 12 heteroatoms. The van der Waals surface area contributed by atoms with E-state index in [1.165, 1.54) is 0 Å². The molecule has 1 heterocycles. The highest BCUT2D eigenvalue weighted by Crippen LogP contribution is 2.28. The maximum absolute atomic E-state index is 12.6. The number of aliphatic imine (C=N–C) groups is 1. The predicted octanol–water partition coefficient (Wildman–Crippen LogP) is 3.37. The first-order chi connectivity index (χ1) is 13.1. The number of sulfonamides is 1. The fourth-order valence-electron chi connectivity index (χ4n) is 2.96. The highest BCUT2D eigenvalue weighted by Gasteiger charge is 2.50. The van der Waals surface area contributed by atoms with Gasteiger partial charge in [0.1, 0.15) is 0 Å². The predicted molar refractivity (Wildman–Crippen MR) is 119 cm³/mol. The summed E-state index contributed by atoms with van der Waals surface area (Å²) in [7, 11) is -3.65. The summed E-state index contributed by atoms with van der Waals surface area (Å²) < 4.78 is 61.2. The van der Waals surface area contributed by atoms with E-state index in [0.29, 0.717) is 16.8 Å². The minimum absolute atomic E-state index is 0. The number of piperidine rings is 1. The summed E-state index contributed by atoms with van der Waals surface area (Å²) in [5, 5.41) is 7.02.